The van der Waals surface area contributed by atoms with Crippen molar-refractivity contribution in [3.8, 4) is 0 Å². The lowest BCUT2D eigenvalue weighted by Crippen LogP contribution is -2.50. The summed E-state index contributed by atoms with van der Waals surface area (Å²) in [6.45, 7) is 10.7. The smallest absolute Gasteiger partial charge is 0.228 e. The molecule has 0 aromatic carbocycles. The van der Waals surface area contributed by atoms with E-state index < -0.39 is 0 Å². The summed E-state index contributed by atoms with van der Waals surface area (Å²) in [4.78, 5) is 15.0. The van der Waals surface area contributed by atoms with Gasteiger partial charge < -0.3 is 10.2 Å². The zero-order valence-electron chi connectivity index (χ0n) is 13.6. The van der Waals surface area contributed by atoms with E-state index in [1.807, 2.05) is 0 Å². The number of piperidine rings is 2. The van der Waals surface area contributed by atoms with E-state index in [-0.39, 0.29) is 5.41 Å². The van der Waals surface area contributed by atoms with Crippen LogP contribution in [-0.2, 0) is 4.79 Å². The Kier molecular flexibility index (Phi) is 5.48. The molecule has 2 aliphatic heterocycles. The fraction of sp³-hybridized carbons (Fsp3) is 0.941. The molecule has 2 aliphatic rings. The van der Waals surface area contributed by atoms with Crippen molar-refractivity contribution in [3.63, 3.8) is 0 Å². The maximum Gasteiger partial charge on any atom is 0.228 e. The predicted molar refractivity (Wildman–Crippen MR) is 83.6 cm³/mol. The van der Waals surface area contributed by atoms with Crippen molar-refractivity contribution in [1.29, 1.82) is 0 Å². The number of rotatable bonds is 4. The van der Waals surface area contributed by atoms with Crippen LogP contribution in [0, 0.1) is 17.3 Å². The Labute approximate surface area is 124 Å². The second kappa shape index (κ2) is 6.93. The standard InChI is InChI=1S/C17H32N2O/c1-4-6-14-8-11-19(12-9-14)16(20)17(2,3)15-7-5-10-18-13-15/h14-15,18H,4-13H2,1-3H3. The first-order valence-corrected chi connectivity index (χ1v) is 8.55. The molecular weight excluding hydrogens is 248 g/mol. The molecule has 2 heterocycles. The van der Waals surface area contributed by atoms with E-state index in [1.165, 1.54) is 38.5 Å². The van der Waals surface area contributed by atoms with Crippen LogP contribution in [0.15, 0.2) is 0 Å². The number of carbonyl (C=O) groups excluding carboxylic acids is 1. The Morgan fingerprint density at radius 2 is 1.95 bits per heavy atom. The summed E-state index contributed by atoms with van der Waals surface area (Å²) < 4.78 is 0. The highest BCUT2D eigenvalue weighted by atomic mass is 16.2. The Bertz CT molecular complexity index is 313. The van der Waals surface area contributed by atoms with Crippen molar-refractivity contribution in [2.75, 3.05) is 26.2 Å². The maximum atomic E-state index is 12.9. The molecule has 0 aromatic heterocycles. The van der Waals surface area contributed by atoms with E-state index in [9.17, 15) is 4.79 Å². The molecule has 0 aromatic rings. The minimum Gasteiger partial charge on any atom is -0.342 e. The van der Waals surface area contributed by atoms with Gasteiger partial charge in [-0.15, -0.1) is 0 Å². The molecule has 0 saturated carbocycles. The Morgan fingerprint density at radius 3 is 2.50 bits per heavy atom. The fourth-order valence-electron chi connectivity index (χ4n) is 3.88. The minimum absolute atomic E-state index is 0.203. The highest BCUT2D eigenvalue weighted by Gasteiger charge is 2.40. The van der Waals surface area contributed by atoms with Gasteiger partial charge in [0, 0.05) is 18.5 Å². The lowest BCUT2D eigenvalue weighted by molar-refractivity contribution is -0.145. The van der Waals surface area contributed by atoms with Gasteiger partial charge in [0.25, 0.3) is 0 Å². The molecule has 1 unspecified atom stereocenters. The molecule has 0 spiro atoms. The minimum atomic E-state index is -0.203. The van der Waals surface area contributed by atoms with Crippen molar-refractivity contribution < 1.29 is 4.79 Å². The molecule has 2 rings (SSSR count). The van der Waals surface area contributed by atoms with Crippen LogP contribution in [0.2, 0.25) is 0 Å². The Morgan fingerprint density at radius 1 is 1.25 bits per heavy atom. The normalized spacial score (nSPS) is 25.8. The number of likely N-dealkylation sites (tertiary alicyclic amines) is 1. The zero-order valence-corrected chi connectivity index (χ0v) is 13.6. The van der Waals surface area contributed by atoms with Crippen LogP contribution in [0.25, 0.3) is 0 Å². The summed E-state index contributed by atoms with van der Waals surface area (Å²) in [7, 11) is 0. The molecule has 3 nitrogen and oxygen atoms in total. The van der Waals surface area contributed by atoms with Gasteiger partial charge in [0.05, 0.1) is 0 Å². The summed E-state index contributed by atoms with van der Waals surface area (Å²) in [6, 6.07) is 0. The van der Waals surface area contributed by atoms with Gasteiger partial charge in [0.1, 0.15) is 0 Å². The molecule has 1 amide bonds. The van der Waals surface area contributed by atoms with Gasteiger partial charge in [-0.2, -0.15) is 0 Å². The van der Waals surface area contributed by atoms with Crippen LogP contribution in [-0.4, -0.2) is 37.0 Å². The molecule has 20 heavy (non-hydrogen) atoms. The maximum absolute atomic E-state index is 12.9. The third-order valence-corrected chi connectivity index (χ3v) is 5.47. The number of nitrogens with one attached hydrogen (secondary N) is 1. The highest BCUT2D eigenvalue weighted by Crippen LogP contribution is 2.35. The first-order chi connectivity index (χ1) is 9.55. The number of hydrogen-bond acceptors (Lipinski definition) is 2. The molecule has 0 radical (unpaired) electrons. The first kappa shape index (κ1) is 15.8. The lowest BCUT2D eigenvalue weighted by Gasteiger charge is -2.41. The SMILES string of the molecule is CCCC1CCN(C(=O)C(C)(C)C2CCCNC2)CC1. The highest BCUT2D eigenvalue weighted by molar-refractivity contribution is 5.82. The van der Waals surface area contributed by atoms with Crippen LogP contribution in [0.4, 0.5) is 0 Å². The Balaban J connectivity index is 1.90. The number of carbonyl (C=O) groups is 1. The molecule has 0 aliphatic carbocycles. The molecule has 2 fully saturated rings. The van der Waals surface area contributed by atoms with Crippen molar-refractivity contribution in [2.45, 2.75) is 59.3 Å². The summed E-state index contributed by atoms with van der Waals surface area (Å²) in [6.07, 6.45) is 7.42. The van der Waals surface area contributed by atoms with E-state index in [0.29, 0.717) is 11.8 Å². The van der Waals surface area contributed by atoms with Crippen molar-refractivity contribution in [2.24, 2.45) is 17.3 Å². The molecular formula is C17H32N2O. The Hall–Kier alpha value is -0.570. The van der Waals surface area contributed by atoms with Gasteiger partial charge in [-0.3, -0.25) is 4.79 Å². The fourth-order valence-corrected chi connectivity index (χ4v) is 3.88. The van der Waals surface area contributed by atoms with Gasteiger partial charge in [0.15, 0.2) is 0 Å². The summed E-state index contributed by atoms with van der Waals surface area (Å²) in [5.74, 6) is 1.74. The van der Waals surface area contributed by atoms with Crippen molar-refractivity contribution >= 4 is 5.91 Å². The van der Waals surface area contributed by atoms with Gasteiger partial charge in [-0.25, -0.2) is 0 Å². The summed E-state index contributed by atoms with van der Waals surface area (Å²) in [5.41, 5.74) is -0.203. The quantitative estimate of drug-likeness (QED) is 0.858. The topological polar surface area (TPSA) is 32.3 Å². The summed E-state index contributed by atoms with van der Waals surface area (Å²) in [5, 5.41) is 3.45. The largest absolute Gasteiger partial charge is 0.342 e. The number of amides is 1. The average Bonchev–Trinajstić information content (AvgIpc) is 2.48. The van der Waals surface area contributed by atoms with Gasteiger partial charge >= 0.3 is 0 Å². The molecule has 116 valence electrons. The van der Waals surface area contributed by atoms with E-state index >= 15 is 0 Å². The van der Waals surface area contributed by atoms with Crippen molar-refractivity contribution in [1.82, 2.24) is 10.2 Å². The molecule has 2 saturated heterocycles. The van der Waals surface area contributed by atoms with E-state index in [2.05, 4.69) is 31.0 Å². The monoisotopic (exact) mass is 280 g/mol. The zero-order chi connectivity index (χ0) is 14.6. The second-order valence-corrected chi connectivity index (χ2v) is 7.29. The van der Waals surface area contributed by atoms with Crippen LogP contribution in [0.1, 0.15) is 59.3 Å². The third-order valence-electron chi connectivity index (χ3n) is 5.47. The van der Waals surface area contributed by atoms with Crippen LogP contribution >= 0.6 is 0 Å². The number of nitrogens with zero attached hydrogens (tertiary/aromatic N) is 1. The predicted octanol–water partition coefficient (Wildman–Crippen LogP) is 3.05. The van der Waals surface area contributed by atoms with Gasteiger partial charge in [-0.05, 0) is 50.6 Å². The molecule has 3 heteroatoms. The van der Waals surface area contributed by atoms with Gasteiger partial charge in [0.2, 0.25) is 5.91 Å². The van der Waals surface area contributed by atoms with Crippen molar-refractivity contribution in [3.05, 3.63) is 0 Å². The average molecular weight is 280 g/mol. The van der Waals surface area contributed by atoms with Gasteiger partial charge in [-0.1, -0.05) is 33.6 Å². The molecule has 1 N–H and O–H groups in total. The molecule has 1 atom stereocenters. The van der Waals surface area contributed by atoms with E-state index in [0.717, 1.165) is 32.1 Å². The second-order valence-electron chi connectivity index (χ2n) is 7.29. The van der Waals surface area contributed by atoms with Crippen LogP contribution in [0.5, 0.6) is 0 Å². The first-order valence-electron chi connectivity index (χ1n) is 8.55. The molecule has 0 bridgehead atoms. The van der Waals surface area contributed by atoms with Crippen LogP contribution < -0.4 is 5.32 Å². The number of hydrogen-bond donors (Lipinski definition) is 1. The van der Waals surface area contributed by atoms with Crippen LogP contribution in [0.3, 0.4) is 0 Å². The third kappa shape index (κ3) is 3.55. The summed E-state index contributed by atoms with van der Waals surface area (Å²) >= 11 is 0. The lowest BCUT2D eigenvalue weighted by atomic mass is 9.73. The van der Waals surface area contributed by atoms with E-state index in [1.54, 1.807) is 0 Å². The van der Waals surface area contributed by atoms with E-state index in [4.69, 9.17) is 0 Å².